The summed E-state index contributed by atoms with van der Waals surface area (Å²) < 4.78 is 35.9. The highest BCUT2D eigenvalue weighted by Crippen LogP contribution is 2.13. The predicted molar refractivity (Wildman–Crippen MR) is 128 cm³/mol. The van der Waals surface area contributed by atoms with Crippen molar-refractivity contribution in [2.45, 2.75) is 64.4 Å². The van der Waals surface area contributed by atoms with Crippen molar-refractivity contribution in [1.82, 2.24) is 0 Å². The van der Waals surface area contributed by atoms with Crippen LogP contribution in [0.3, 0.4) is 0 Å². The van der Waals surface area contributed by atoms with Gasteiger partial charge >= 0.3 is 16.4 Å². The monoisotopic (exact) mass is 464 g/mol. The van der Waals surface area contributed by atoms with Crippen molar-refractivity contribution in [3.05, 3.63) is 72.9 Å². The first-order valence-electron chi connectivity index (χ1n) is 11.2. The van der Waals surface area contributed by atoms with Gasteiger partial charge in [-0.2, -0.15) is 8.42 Å². The maximum absolute atomic E-state index is 11.6. The molecule has 0 aliphatic carbocycles. The zero-order valence-corrected chi connectivity index (χ0v) is 19.8. The molecule has 0 aromatic carbocycles. The Labute approximate surface area is 193 Å². The first kappa shape index (κ1) is 27.8. The molecule has 0 N–H and O–H groups in total. The van der Waals surface area contributed by atoms with Gasteiger partial charge in [0.2, 0.25) is 0 Å². The lowest BCUT2D eigenvalue weighted by Crippen LogP contribution is -2.20. The minimum absolute atomic E-state index is 0.122. The van der Waals surface area contributed by atoms with Gasteiger partial charge in [-0.05, 0) is 44.9 Å². The van der Waals surface area contributed by atoms with Crippen LogP contribution in [0.4, 0.5) is 0 Å². The van der Waals surface area contributed by atoms with E-state index in [-0.39, 0.29) is 19.6 Å². The molecule has 32 heavy (non-hydrogen) atoms. The predicted octanol–water partition coefficient (Wildman–Crippen LogP) is 5.67. The summed E-state index contributed by atoms with van der Waals surface area (Å²) in [6.07, 6.45) is 31.4. The fraction of sp³-hybridized carbons (Fsp3) is 0.480. The molecule has 0 saturated carbocycles. The van der Waals surface area contributed by atoms with Crippen molar-refractivity contribution in [3.8, 4) is 0 Å². The Morgan fingerprint density at radius 1 is 0.812 bits per heavy atom. The second-order valence-corrected chi connectivity index (χ2v) is 8.29. The SMILES string of the molecule is CCC=CCC=CCC=CCC=CCC=CCC=CCCC(=O)OCC1COS(=O)(=O)O1. The molecule has 1 rings (SSSR count). The smallest absolute Gasteiger partial charge is 0.400 e. The van der Waals surface area contributed by atoms with Gasteiger partial charge in [-0.15, -0.1) is 0 Å². The van der Waals surface area contributed by atoms with Crippen LogP contribution in [-0.4, -0.2) is 33.7 Å². The van der Waals surface area contributed by atoms with Gasteiger partial charge in [0.15, 0.2) is 0 Å². The molecule has 1 saturated heterocycles. The average Bonchev–Trinajstić information content (AvgIpc) is 3.12. The Morgan fingerprint density at radius 3 is 1.72 bits per heavy atom. The van der Waals surface area contributed by atoms with Gasteiger partial charge in [0, 0.05) is 6.42 Å². The molecule has 0 bridgehead atoms. The fourth-order valence-electron chi connectivity index (χ4n) is 2.56. The summed E-state index contributed by atoms with van der Waals surface area (Å²) in [5.41, 5.74) is 0. The normalized spacial score (nSPS) is 19.1. The second kappa shape index (κ2) is 18.4. The van der Waals surface area contributed by atoms with Crippen LogP contribution in [0, 0.1) is 0 Å². The lowest BCUT2D eigenvalue weighted by molar-refractivity contribution is -0.145. The summed E-state index contributed by atoms with van der Waals surface area (Å²) in [6.45, 7) is 1.89. The molecule has 6 nitrogen and oxygen atoms in total. The Morgan fingerprint density at radius 2 is 1.28 bits per heavy atom. The molecule has 178 valence electrons. The van der Waals surface area contributed by atoms with E-state index in [1.165, 1.54) is 0 Å². The minimum Gasteiger partial charge on any atom is -0.463 e. The molecule has 0 spiro atoms. The molecular formula is C25H36O6S. The summed E-state index contributed by atoms with van der Waals surface area (Å²) in [7, 11) is -3.91. The molecule has 1 aliphatic heterocycles. The first-order valence-corrected chi connectivity index (χ1v) is 12.5. The maximum Gasteiger partial charge on any atom is 0.400 e. The number of hydrogen-bond donors (Lipinski definition) is 0. The number of esters is 1. The standard InChI is InChI=1S/C25H36O6S/c1-2-3-4-5-6-7-8-9-10-11-12-13-14-15-16-17-18-19-20-21-25(26)29-22-24-23-30-32(27,28)31-24/h3-4,6-7,9-10,12-13,15-16,18-19,24H,2,5,8,11,14,17,20-23H2,1H3. The molecule has 1 atom stereocenters. The molecule has 0 radical (unpaired) electrons. The largest absolute Gasteiger partial charge is 0.463 e. The molecule has 1 heterocycles. The number of hydrogen-bond acceptors (Lipinski definition) is 6. The summed E-state index contributed by atoms with van der Waals surface area (Å²) in [6, 6.07) is 0. The van der Waals surface area contributed by atoms with Gasteiger partial charge in [-0.3, -0.25) is 4.79 Å². The third-order valence-electron chi connectivity index (χ3n) is 4.19. The highest BCUT2D eigenvalue weighted by Gasteiger charge is 2.30. The van der Waals surface area contributed by atoms with Crippen LogP contribution in [0.2, 0.25) is 0 Å². The molecule has 0 aromatic rings. The van der Waals surface area contributed by atoms with E-state index in [4.69, 9.17) is 4.74 Å². The summed E-state index contributed by atoms with van der Waals surface area (Å²) in [5.74, 6) is -0.391. The zero-order valence-electron chi connectivity index (χ0n) is 18.9. The van der Waals surface area contributed by atoms with Crippen molar-refractivity contribution < 1.29 is 26.3 Å². The van der Waals surface area contributed by atoms with Crippen molar-refractivity contribution in [1.29, 1.82) is 0 Å². The molecular weight excluding hydrogens is 428 g/mol. The van der Waals surface area contributed by atoms with Gasteiger partial charge in [0.05, 0.1) is 6.61 Å². The van der Waals surface area contributed by atoms with E-state index in [0.717, 1.165) is 38.5 Å². The van der Waals surface area contributed by atoms with Crippen molar-refractivity contribution in [2.24, 2.45) is 0 Å². The summed E-state index contributed by atoms with van der Waals surface area (Å²) in [4.78, 5) is 11.6. The number of allylic oxidation sites excluding steroid dienone is 12. The quantitative estimate of drug-likeness (QED) is 0.216. The van der Waals surface area contributed by atoms with E-state index in [1.807, 2.05) is 12.2 Å². The number of carbonyl (C=O) groups is 1. The fourth-order valence-corrected chi connectivity index (χ4v) is 3.37. The maximum atomic E-state index is 11.6. The molecule has 7 heteroatoms. The van der Waals surface area contributed by atoms with E-state index in [9.17, 15) is 13.2 Å². The van der Waals surface area contributed by atoms with Crippen molar-refractivity contribution in [3.63, 3.8) is 0 Å². The molecule has 0 amide bonds. The second-order valence-electron chi connectivity index (χ2n) is 7.05. The van der Waals surface area contributed by atoms with E-state index in [1.54, 1.807) is 0 Å². The topological polar surface area (TPSA) is 78.9 Å². The number of rotatable bonds is 16. The average molecular weight is 465 g/mol. The highest BCUT2D eigenvalue weighted by atomic mass is 32.3. The Bertz CT molecular complexity index is 787. The van der Waals surface area contributed by atoms with Gasteiger partial charge in [-0.25, -0.2) is 8.37 Å². The van der Waals surface area contributed by atoms with Crippen LogP contribution >= 0.6 is 0 Å². The molecule has 0 aromatic heterocycles. The Hall–Kier alpha value is -2.22. The van der Waals surface area contributed by atoms with E-state index in [0.29, 0.717) is 6.42 Å². The lowest BCUT2D eigenvalue weighted by atomic mass is 10.2. The Balaban J connectivity index is 1.96. The van der Waals surface area contributed by atoms with E-state index >= 15 is 0 Å². The van der Waals surface area contributed by atoms with Crippen LogP contribution < -0.4 is 0 Å². The van der Waals surface area contributed by atoms with Gasteiger partial charge in [0.25, 0.3) is 0 Å². The molecule has 1 fully saturated rings. The van der Waals surface area contributed by atoms with Gasteiger partial charge in [0.1, 0.15) is 12.7 Å². The third kappa shape index (κ3) is 16.5. The number of carbonyl (C=O) groups excluding carboxylic acids is 1. The van der Waals surface area contributed by atoms with Crippen LogP contribution in [0.5, 0.6) is 0 Å². The highest BCUT2D eigenvalue weighted by molar-refractivity contribution is 7.82. The van der Waals surface area contributed by atoms with Crippen molar-refractivity contribution >= 4 is 16.4 Å². The summed E-state index contributed by atoms with van der Waals surface area (Å²) in [5, 5.41) is 0. The molecule has 1 unspecified atom stereocenters. The molecule has 1 aliphatic rings. The van der Waals surface area contributed by atoms with Crippen molar-refractivity contribution in [2.75, 3.05) is 13.2 Å². The summed E-state index contributed by atoms with van der Waals surface area (Å²) >= 11 is 0. The zero-order chi connectivity index (χ0) is 23.3. The lowest BCUT2D eigenvalue weighted by Gasteiger charge is -2.06. The third-order valence-corrected chi connectivity index (χ3v) is 5.13. The van der Waals surface area contributed by atoms with E-state index < -0.39 is 22.5 Å². The van der Waals surface area contributed by atoms with E-state index in [2.05, 4.69) is 76.1 Å². The minimum atomic E-state index is -3.91. The number of ether oxygens (including phenoxy) is 1. The van der Waals surface area contributed by atoms with Crippen LogP contribution in [0.15, 0.2) is 72.9 Å². The van der Waals surface area contributed by atoms with Gasteiger partial charge < -0.3 is 4.74 Å². The van der Waals surface area contributed by atoms with Crippen LogP contribution in [0.25, 0.3) is 0 Å². The van der Waals surface area contributed by atoms with Crippen LogP contribution in [0.1, 0.15) is 58.3 Å². The van der Waals surface area contributed by atoms with Crippen LogP contribution in [-0.2, 0) is 28.3 Å². The Kier molecular flexibility index (Phi) is 16.0. The first-order chi connectivity index (χ1) is 15.5. The van der Waals surface area contributed by atoms with Gasteiger partial charge in [-0.1, -0.05) is 79.8 Å².